The second-order valence-corrected chi connectivity index (χ2v) is 6.48. The summed E-state index contributed by atoms with van der Waals surface area (Å²) in [6.07, 6.45) is 3.49. The van der Waals surface area contributed by atoms with Gasteiger partial charge in [0.2, 0.25) is 5.91 Å². The standard InChI is InChI=1S/C17H20N2OS/c1-13-6-4-5-7-15(13)12-19(3)17(20)14(2)21-16-8-10-18-11-9-16/h4-11,14H,12H2,1-3H3/t14-/m0/s1. The molecule has 110 valence electrons. The first kappa shape index (κ1) is 15.6. The van der Waals surface area contributed by atoms with Crippen LogP contribution in [0, 0.1) is 6.92 Å². The summed E-state index contributed by atoms with van der Waals surface area (Å²) >= 11 is 1.56. The zero-order chi connectivity index (χ0) is 15.2. The van der Waals surface area contributed by atoms with Crippen LogP contribution in [0.15, 0.2) is 53.7 Å². The summed E-state index contributed by atoms with van der Waals surface area (Å²) in [6, 6.07) is 12.0. The molecule has 0 N–H and O–H groups in total. The molecule has 0 radical (unpaired) electrons. The molecule has 0 aliphatic rings. The lowest BCUT2D eigenvalue weighted by Gasteiger charge is -2.22. The van der Waals surface area contributed by atoms with Gasteiger partial charge in [-0.2, -0.15) is 0 Å². The first-order valence-electron chi connectivity index (χ1n) is 6.94. The highest BCUT2D eigenvalue weighted by molar-refractivity contribution is 8.00. The number of hydrogen-bond donors (Lipinski definition) is 0. The predicted molar refractivity (Wildman–Crippen MR) is 87.2 cm³/mol. The van der Waals surface area contributed by atoms with Crippen molar-refractivity contribution < 1.29 is 4.79 Å². The van der Waals surface area contributed by atoms with Crippen molar-refractivity contribution in [3.63, 3.8) is 0 Å². The number of hydrogen-bond acceptors (Lipinski definition) is 3. The van der Waals surface area contributed by atoms with Crippen molar-refractivity contribution in [2.45, 2.75) is 30.5 Å². The maximum Gasteiger partial charge on any atom is 0.235 e. The van der Waals surface area contributed by atoms with Gasteiger partial charge in [-0.05, 0) is 37.1 Å². The van der Waals surface area contributed by atoms with Crippen LogP contribution in [0.25, 0.3) is 0 Å². The molecular weight excluding hydrogens is 280 g/mol. The van der Waals surface area contributed by atoms with Gasteiger partial charge in [-0.3, -0.25) is 9.78 Å². The molecule has 1 aromatic heterocycles. The third-order valence-corrected chi connectivity index (χ3v) is 4.45. The number of thioether (sulfide) groups is 1. The molecule has 0 aliphatic carbocycles. The molecule has 3 nitrogen and oxygen atoms in total. The Hall–Kier alpha value is -1.81. The van der Waals surface area contributed by atoms with Crippen molar-refractivity contribution in [3.05, 3.63) is 59.9 Å². The van der Waals surface area contributed by atoms with E-state index in [1.54, 1.807) is 29.1 Å². The molecule has 2 rings (SSSR count). The van der Waals surface area contributed by atoms with E-state index in [0.29, 0.717) is 6.54 Å². The van der Waals surface area contributed by atoms with Crippen LogP contribution >= 0.6 is 11.8 Å². The fraction of sp³-hybridized carbons (Fsp3) is 0.294. The molecule has 0 aliphatic heterocycles. The lowest BCUT2D eigenvalue weighted by atomic mass is 10.1. The SMILES string of the molecule is Cc1ccccc1CN(C)C(=O)[C@H](C)Sc1ccncc1. The van der Waals surface area contributed by atoms with Crippen molar-refractivity contribution in [3.8, 4) is 0 Å². The Morgan fingerprint density at radius 1 is 1.24 bits per heavy atom. The molecule has 0 bridgehead atoms. The smallest absolute Gasteiger partial charge is 0.235 e. The number of pyridine rings is 1. The summed E-state index contributed by atoms with van der Waals surface area (Å²) in [7, 11) is 1.86. The van der Waals surface area contributed by atoms with Gasteiger partial charge in [0.1, 0.15) is 0 Å². The van der Waals surface area contributed by atoms with Crippen LogP contribution in [-0.4, -0.2) is 28.1 Å². The predicted octanol–water partition coefficient (Wildman–Crippen LogP) is 3.53. The Bertz CT molecular complexity index is 601. The maximum absolute atomic E-state index is 12.5. The first-order valence-corrected chi connectivity index (χ1v) is 7.82. The van der Waals surface area contributed by atoms with Gasteiger partial charge in [0.05, 0.1) is 5.25 Å². The zero-order valence-corrected chi connectivity index (χ0v) is 13.4. The second-order valence-electron chi connectivity index (χ2n) is 5.06. The van der Waals surface area contributed by atoms with Crippen molar-refractivity contribution in [1.82, 2.24) is 9.88 Å². The summed E-state index contributed by atoms with van der Waals surface area (Å²) < 4.78 is 0. The van der Waals surface area contributed by atoms with Crippen LogP contribution < -0.4 is 0 Å². The van der Waals surface area contributed by atoms with Crippen molar-refractivity contribution in [2.75, 3.05) is 7.05 Å². The van der Waals surface area contributed by atoms with E-state index in [-0.39, 0.29) is 11.2 Å². The third-order valence-electron chi connectivity index (χ3n) is 3.36. The van der Waals surface area contributed by atoms with Crippen LogP contribution in [-0.2, 0) is 11.3 Å². The van der Waals surface area contributed by atoms with Crippen molar-refractivity contribution >= 4 is 17.7 Å². The molecule has 0 fully saturated rings. The number of nitrogens with zero attached hydrogens (tertiary/aromatic N) is 2. The number of benzene rings is 1. The normalized spacial score (nSPS) is 12.0. The van der Waals surface area contributed by atoms with Gasteiger partial charge in [-0.15, -0.1) is 11.8 Å². The van der Waals surface area contributed by atoms with Gasteiger partial charge < -0.3 is 4.90 Å². The lowest BCUT2D eigenvalue weighted by Crippen LogP contribution is -2.32. The molecule has 1 amide bonds. The summed E-state index contributed by atoms with van der Waals surface area (Å²) in [5.41, 5.74) is 2.40. The molecule has 2 aromatic rings. The Balaban J connectivity index is 1.97. The molecule has 1 aromatic carbocycles. The molecule has 4 heteroatoms. The van der Waals surface area contributed by atoms with E-state index in [2.05, 4.69) is 24.0 Å². The quantitative estimate of drug-likeness (QED) is 0.792. The van der Waals surface area contributed by atoms with E-state index in [9.17, 15) is 4.79 Å². The molecule has 21 heavy (non-hydrogen) atoms. The molecule has 0 saturated carbocycles. The molecular formula is C17H20N2OS. The van der Waals surface area contributed by atoms with Crippen molar-refractivity contribution in [2.24, 2.45) is 0 Å². The van der Waals surface area contributed by atoms with Crippen LogP contribution in [0.1, 0.15) is 18.1 Å². The Kier molecular flexibility index (Phi) is 5.39. The molecule has 0 spiro atoms. The molecule has 1 heterocycles. The fourth-order valence-electron chi connectivity index (χ4n) is 2.10. The van der Waals surface area contributed by atoms with Crippen LogP contribution in [0.3, 0.4) is 0 Å². The number of carbonyl (C=O) groups excluding carboxylic acids is 1. The summed E-state index contributed by atoms with van der Waals surface area (Å²) in [4.78, 5) is 19.3. The van der Waals surface area contributed by atoms with Gasteiger partial charge in [0, 0.05) is 30.9 Å². The minimum Gasteiger partial charge on any atom is -0.340 e. The molecule has 0 unspecified atom stereocenters. The highest BCUT2D eigenvalue weighted by atomic mass is 32.2. The average Bonchev–Trinajstić information content (AvgIpc) is 2.49. The van der Waals surface area contributed by atoms with E-state index in [1.807, 2.05) is 38.2 Å². The maximum atomic E-state index is 12.5. The van der Waals surface area contributed by atoms with Crippen LogP contribution in [0.5, 0.6) is 0 Å². The summed E-state index contributed by atoms with van der Waals surface area (Å²) in [5.74, 6) is 0.139. The van der Waals surface area contributed by atoms with Crippen LogP contribution in [0.2, 0.25) is 0 Å². The Morgan fingerprint density at radius 2 is 1.90 bits per heavy atom. The first-order chi connectivity index (χ1) is 10.1. The van der Waals surface area contributed by atoms with E-state index >= 15 is 0 Å². The summed E-state index contributed by atoms with van der Waals surface area (Å²) in [5, 5.41) is -0.110. The van der Waals surface area contributed by atoms with Crippen molar-refractivity contribution in [1.29, 1.82) is 0 Å². The highest BCUT2D eigenvalue weighted by Gasteiger charge is 2.19. The minimum atomic E-state index is -0.110. The molecule has 0 saturated heterocycles. The largest absolute Gasteiger partial charge is 0.340 e. The van der Waals surface area contributed by atoms with E-state index in [1.165, 1.54) is 11.1 Å². The summed E-state index contributed by atoms with van der Waals surface area (Å²) in [6.45, 7) is 4.66. The number of amides is 1. The number of carbonyl (C=O) groups is 1. The van der Waals surface area contributed by atoms with E-state index in [0.717, 1.165) is 4.90 Å². The van der Waals surface area contributed by atoms with Gasteiger partial charge in [0.15, 0.2) is 0 Å². The lowest BCUT2D eigenvalue weighted by molar-refractivity contribution is -0.129. The third kappa shape index (κ3) is 4.33. The Labute approximate surface area is 130 Å². The van der Waals surface area contributed by atoms with E-state index < -0.39 is 0 Å². The van der Waals surface area contributed by atoms with Gasteiger partial charge in [-0.25, -0.2) is 0 Å². The number of aromatic nitrogens is 1. The average molecular weight is 300 g/mol. The highest BCUT2D eigenvalue weighted by Crippen LogP contribution is 2.24. The van der Waals surface area contributed by atoms with Gasteiger partial charge in [0.25, 0.3) is 0 Å². The fourth-order valence-corrected chi connectivity index (χ4v) is 3.07. The van der Waals surface area contributed by atoms with Crippen LogP contribution in [0.4, 0.5) is 0 Å². The number of rotatable bonds is 5. The Morgan fingerprint density at radius 3 is 2.57 bits per heavy atom. The molecule has 1 atom stereocenters. The minimum absolute atomic E-state index is 0.110. The topological polar surface area (TPSA) is 33.2 Å². The second kappa shape index (κ2) is 7.27. The van der Waals surface area contributed by atoms with E-state index in [4.69, 9.17) is 0 Å². The van der Waals surface area contributed by atoms with Gasteiger partial charge >= 0.3 is 0 Å². The van der Waals surface area contributed by atoms with Gasteiger partial charge in [-0.1, -0.05) is 24.3 Å². The monoisotopic (exact) mass is 300 g/mol. The number of aryl methyl sites for hydroxylation is 1. The zero-order valence-electron chi connectivity index (χ0n) is 12.6.